The molecule has 0 aliphatic heterocycles. The highest BCUT2D eigenvalue weighted by Gasteiger charge is 2.16. The molecule has 0 radical (unpaired) electrons. The van der Waals surface area contributed by atoms with Crippen molar-refractivity contribution in [3.05, 3.63) is 28.7 Å². The first kappa shape index (κ1) is 15.8. The second-order valence-corrected chi connectivity index (χ2v) is 6.61. The highest BCUT2D eigenvalue weighted by Crippen LogP contribution is 2.18. The molecule has 0 aliphatic carbocycles. The van der Waals surface area contributed by atoms with Crippen molar-refractivity contribution in [3.63, 3.8) is 0 Å². The van der Waals surface area contributed by atoms with Gasteiger partial charge in [-0.3, -0.25) is 4.57 Å². The zero-order chi connectivity index (χ0) is 15.5. The van der Waals surface area contributed by atoms with Gasteiger partial charge in [0.25, 0.3) is 0 Å². The van der Waals surface area contributed by atoms with Gasteiger partial charge in [-0.05, 0) is 25.5 Å². The first-order valence-corrected chi connectivity index (χ1v) is 8.61. The molecule has 21 heavy (non-hydrogen) atoms. The van der Waals surface area contributed by atoms with Crippen LogP contribution in [0.5, 0.6) is 0 Å². The van der Waals surface area contributed by atoms with Gasteiger partial charge in [0, 0.05) is 19.2 Å². The maximum absolute atomic E-state index is 12.2. The molecule has 6 nitrogen and oxygen atoms in total. The summed E-state index contributed by atoms with van der Waals surface area (Å²) in [6.07, 6.45) is 2.82. The standard InChI is InChI=1S/C14H20N2O4S/c1-3-5-6-9-15-21(18,19)11-7-8-12-13(10-11)20-14(17)16(12)4-2/h7-8,10,15H,3-6,9H2,1-2H3. The lowest BCUT2D eigenvalue weighted by molar-refractivity contribution is 0.512. The zero-order valence-corrected chi connectivity index (χ0v) is 13.1. The number of unbranched alkanes of at least 4 members (excludes halogenated alkanes) is 2. The van der Waals surface area contributed by atoms with Crippen LogP contribution in [-0.4, -0.2) is 19.5 Å². The molecule has 116 valence electrons. The van der Waals surface area contributed by atoms with Gasteiger partial charge in [0.2, 0.25) is 10.0 Å². The van der Waals surface area contributed by atoms with E-state index < -0.39 is 15.8 Å². The third-order valence-electron chi connectivity index (χ3n) is 3.34. The second-order valence-electron chi connectivity index (χ2n) is 4.85. The van der Waals surface area contributed by atoms with E-state index in [0.29, 0.717) is 24.2 Å². The van der Waals surface area contributed by atoms with E-state index in [2.05, 4.69) is 11.6 Å². The molecule has 0 saturated carbocycles. The van der Waals surface area contributed by atoms with Crippen molar-refractivity contribution in [1.29, 1.82) is 0 Å². The number of nitrogens with zero attached hydrogens (tertiary/aromatic N) is 1. The van der Waals surface area contributed by atoms with Crippen LogP contribution < -0.4 is 10.5 Å². The maximum atomic E-state index is 12.2. The summed E-state index contributed by atoms with van der Waals surface area (Å²) in [4.78, 5) is 11.7. The largest absolute Gasteiger partial charge is 0.419 e. The second kappa shape index (κ2) is 6.44. The van der Waals surface area contributed by atoms with Crippen LogP contribution in [0.15, 0.2) is 32.3 Å². The van der Waals surface area contributed by atoms with E-state index in [9.17, 15) is 13.2 Å². The van der Waals surface area contributed by atoms with E-state index in [1.54, 1.807) is 6.07 Å². The van der Waals surface area contributed by atoms with Gasteiger partial charge in [0.1, 0.15) is 0 Å². The minimum Gasteiger partial charge on any atom is -0.408 e. The number of hydrogen-bond donors (Lipinski definition) is 1. The molecule has 0 amide bonds. The highest BCUT2D eigenvalue weighted by atomic mass is 32.2. The van der Waals surface area contributed by atoms with Crippen molar-refractivity contribution < 1.29 is 12.8 Å². The number of fused-ring (bicyclic) bond motifs is 1. The first-order chi connectivity index (χ1) is 9.99. The fourth-order valence-corrected chi connectivity index (χ4v) is 3.27. The molecule has 0 fully saturated rings. The molecule has 0 aliphatic rings. The number of oxazole rings is 1. The predicted octanol–water partition coefficient (Wildman–Crippen LogP) is 2.08. The Morgan fingerprint density at radius 2 is 2.00 bits per heavy atom. The summed E-state index contributed by atoms with van der Waals surface area (Å²) >= 11 is 0. The number of hydrogen-bond acceptors (Lipinski definition) is 4. The number of nitrogens with one attached hydrogen (secondary N) is 1. The van der Waals surface area contributed by atoms with Crippen molar-refractivity contribution in [3.8, 4) is 0 Å². The van der Waals surface area contributed by atoms with Crippen molar-refractivity contribution in [2.45, 2.75) is 44.6 Å². The van der Waals surface area contributed by atoms with E-state index in [1.807, 2.05) is 6.92 Å². The van der Waals surface area contributed by atoms with Gasteiger partial charge in [-0.2, -0.15) is 0 Å². The van der Waals surface area contributed by atoms with Gasteiger partial charge in [-0.1, -0.05) is 19.8 Å². The number of sulfonamides is 1. The van der Waals surface area contributed by atoms with Gasteiger partial charge in [0.15, 0.2) is 5.58 Å². The molecule has 0 saturated heterocycles. The lowest BCUT2D eigenvalue weighted by Gasteiger charge is -2.06. The third kappa shape index (κ3) is 3.36. The Labute approximate surface area is 123 Å². The normalized spacial score (nSPS) is 12.1. The molecular formula is C14H20N2O4S. The van der Waals surface area contributed by atoms with Gasteiger partial charge in [-0.25, -0.2) is 17.9 Å². The van der Waals surface area contributed by atoms with E-state index in [1.165, 1.54) is 16.7 Å². The topological polar surface area (TPSA) is 81.3 Å². The maximum Gasteiger partial charge on any atom is 0.419 e. The Hall–Kier alpha value is -1.60. The Balaban J connectivity index is 2.28. The SMILES string of the molecule is CCCCCNS(=O)(=O)c1ccc2c(c1)oc(=O)n2CC. The summed E-state index contributed by atoms with van der Waals surface area (Å²) in [5, 5.41) is 0. The first-order valence-electron chi connectivity index (χ1n) is 7.12. The van der Waals surface area contributed by atoms with Crippen molar-refractivity contribution >= 4 is 21.1 Å². The van der Waals surface area contributed by atoms with E-state index in [-0.39, 0.29) is 4.90 Å². The average molecular weight is 312 g/mol. The van der Waals surface area contributed by atoms with Crippen molar-refractivity contribution in [2.75, 3.05) is 6.54 Å². The summed E-state index contributed by atoms with van der Waals surface area (Å²) in [7, 11) is -3.56. The molecule has 0 bridgehead atoms. The molecule has 0 spiro atoms. The molecule has 0 unspecified atom stereocenters. The van der Waals surface area contributed by atoms with Crippen LogP contribution in [0.1, 0.15) is 33.1 Å². The quantitative estimate of drug-likeness (QED) is 0.794. The zero-order valence-electron chi connectivity index (χ0n) is 12.3. The average Bonchev–Trinajstić information content (AvgIpc) is 2.77. The summed E-state index contributed by atoms with van der Waals surface area (Å²) in [6, 6.07) is 4.49. The minimum absolute atomic E-state index is 0.114. The number of aryl methyl sites for hydroxylation is 1. The van der Waals surface area contributed by atoms with Gasteiger partial charge < -0.3 is 4.42 Å². The highest BCUT2D eigenvalue weighted by molar-refractivity contribution is 7.89. The number of aromatic nitrogens is 1. The predicted molar refractivity (Wildman–Crippen MR) is 80.9 cm³/mol. The molecule has 7 heteroatoms. The monoisotopic (exact) mass is 312 g/mol. The molecule has 1 heterocycles. The van der Waals surface area contributed by atoms with Crippen LogP contribution in [0.25, 0.3) is 11.1 Å². The Bertz CT molecular complexity index is 774. The molecule has 1 aromatic carbocycles. The summed E-state index contributed by atoms with van der Waals surface area (Å²) in [5.74, 6) is -0.474. The Kier molecular flexibility index (Phi) is 4.84. The molecule has 1 aromatic heterocycles. The van der Waals surface area contributed by atoms with Gasteiger partial charge in [-0.15, -0.1) is 0 Å². The lowest BCUT2D eigenvalue weighted by Crippen LogP contribution is -2.24. The fraction of sp³-hybridized carbons (Fsp3) is 0.500. The van der Waals surface area contributed by atoms with Crippen molar-refractivity contribution in [1.82, 2.24) is 9.29 Å². The Morgan fingerprint density at radius 3 is 2.67 bits per heavy atom. The Morgan fingerprint density at radius 1 is 1.24 bits per heavy atom. The van der Waals surface area contributed by atoms with Crippen LogP contribution >= 0.6 is 0 Å². The van der Waals surface area contributed by atoms with Gasteiger partial charge >= 0.3 is 5.76 Å². The van der Waals surface area contributed by atoms with Gasteiger partial charge in [0.05, 0.1) is 10.4 Å². The summed E-state index contributed by atoms with van der Waals surface area (Å²) in [5.41, 5.74) is 0.894. The number of rotatable bonds is 7. The molecular weight excluding hydrogens is 292 g/mol. The summed E-state index contributed by atoms with van der Waals surface area (Å²) in [6.45, 7) is 4.78. The lowest BCUT2D eigenvalue weighted by atomic mass is 10.3. The van der Waals surface area contributed by atoms with Crippen LogP contribution in [0.3, 0.4) is 0 Å². The van der Waals surface area contributed by atoms with Crippen molar-refractivity contribution in [2.24, 2.45) is 0 Å². The van der Waals surface area contributed by atoms with E-state index in [4.69, 9.17) is 4.42 Å². The van der Waals surface area contributed by atoms with Crippen LogP contribution in [0.2, 0.25) is 0 Å². The third-order valence-corrected chi connectivity index (χ3v) is 4.80. The van der Waals surface area contributed by atoms with Crippen LogP contribution in [0, 0.1) is 0 Å². The smallest absolute Gasteiger partial charge is 0.408 e. The molecule has 2 rings (SSSR count). The van der Waals surface area contributed by atoms with Crippen LogP contribution in [0.4, 0.5) is 0 Å². The fourth-order valence-electron chi connectivity index (χ4n) is 2.18. The summed E-state index contributed by atoms with van der Waals surface area (Å²) < 4.78 is 33.4. The molecule has 2 aromatic rings. The number of benzene rings is 1. The molecule has 1 N–H and O–H groups in total. The molecule has 0 atom stereocenters. The van der Waals surface area contributed by atoms with E-state index in [0.717, 1.165) is 19.3 Å². The van der Waals surface area contributed by atoms with E-state index >= 15 is 0 Å². The minimum atomic E-state index is -3.56. The van der Waals surface area contributed by atoms with Crippen LogP contribution in [-0.2, 0) is 16.6 Å².